The van der Waals surface area contributed by atoms with Crippen LogP contribution in [0.25, 0.3) is 0 Å². The van der Waals surface area contributed by atoms with E-state index >= 15 is 0 Å². The second-order valence-corrected chi connectivity index (χ2v) is 3.75. The van der Waals surface area contributed by atoms with E-state index in [0.717, 1.165) is 13.1 Å². The van der Waals surface area contributed by atoms with Crippen LogP contribution in [0.1, 0.15) is 6.92 Å². The Morgan fingerprint density at radius 3 is 2.57 bits per heavy atom. The number of hydrogen-bond donors (Lipinski definition) is 1. The van der Waals surface area contributed by atoms with Crippen molar-refractivity contribution in [3.8, 4) is 0 Å². The standard InChI is InChI=1S/C9H17N3O2/c1-7-6-10-4-5-12(7)9(14)8(13)11(2)3/h7,10H,4-6H2,1-3H3. The number of carbonyl (C=O) groups is 2. The van der Waals surface area contributed by atoms with Crippen LogP contribution in [0.5, 0.6) is 0 Å². The van der Waals surface area contributed by atoms with E-state index in [0.29, 0.717) is 6.54 Å². The van der Waals surface area contributed by atoms with Gasteiger partial charge in [0.05, 0.1) is 0 Å². The maximum Gasteiger partial charge on any atom is 0.312 e. The minimum absolute atomic E-state index is 0.0974. The maximum atomic E-state index is 11.7. The number of piperazine rings is 1. The molecule has 0 radical (unpaired) electrons. The first kappa shape index (κ1) is 11.0. The maximum absolute atomic E-state index is 11.7. The third-order valence-electron chi connectivity index (χ3n) is 2.35. The normalized spacial score (nSPS) is 21.9. The molecule has 2 amide bonds. The molecule has 1 N–H and O–H groups in total. The Hall–Kier alpha value is -1.10. The molecule has 0 aromatic carbocycles. The van der Waals surface area contributed by atoms with Gasteiger partial charge in [-0.05, 0) is 6.92 Å². The molecule has 0 saturated carbocycles. The van der Waals surface area contributed by atoms with Gasteiger partial charge in [-0.15, -0.1) is 0 Å². The lowest BCUT2D eigenvalue weighted by atomic mass is 10.2. The SMILES string of the molecule is CC1CNCCN1C(=O)C(=O)N(C)C. The first-order valence-corrected chi connectivity index (χ1v) is 4.77. The smallest absolute Gasteiger partial charge is 0.312 e. The van der Waals surface area contributed by atoms with E-state index in [1.165, 1.54) is 4.90 Å². The van der Waals surface area contributed by atoms with Gasteiger partial charge in [0.15, 0.2) is 0 Å². The van der Waals surface area contributed by atoms with Crippen LogP contribution in [0.15, 0.2) is 0 Å². The van der Waals surface area contributed by atoms with Crippen molar-refractivity contribution in [2.45, 2.75) is 13.0 Å². The van der Waals surface area contributed by atoms with Crippen molar-refractivity contribution < 1.29 is 9.59 Å². The van der Waals surface area contributed by atoms with E-state index in [2.05, 4.69) is 5.32 Å². The molecule has 1 aliphatic rings. The summed E-state index contributed by atoms with van der Waals surface area (Å²) in [4.78, 5) is 26.0. The lowest BCUT2D eigenvalue weighted by molar-refractivity contribution is -0.152. The van der Waals surface area contributed by atoms with Gasteiger partial charge in [0, 0.05) is 39.8 Å². The monoisotopic (exact) mass is 199 g/mol. The molecule has 1 fully saturated rings. The Morgan fingerprint density at radius 1 is 1.43 bits per heavy atom. The molecule has 0 aliphatic carbocycles. The van der Waals surface area contributed by atoms with Crippen LogP contribution < -0.4 is 5.32 Å². The van der Waals surface area contributed by atoms with Gasteiger partial charge >= 0.3 is 11.8 Å². The predicted molar refractivity (Wildman–Crippen MR) is 52.7 cm³/mol. The predicted octanol–water partition coefficient (Wildman–Crippen LogP) is -1.11. The van der Waals surface area contributed by atoms with E-state index in [4.69, 9.17) is 0 Å². The third-order valence-corrected chi connectivity index (χ3v) is 2.35. The van der Waals surface area contributed by atoms with Crippen LogP contribution in [-0.2, 0) is 9.59 Å². The molecule has 5 heteroatoms. The molecule has 1 unspecified atom stereocenters. The van der Waals surface area contributed by atoms with Gasteiger partial charge in [-0.1, -0.05) is 0 Å². The van der Waals surface area contributed by atoms with E-state index in [9.17, 15) is 9.59 Å². The number of nitrogens with one attached hydrogen (secondary N) is 1. The number of likely N-dealkylation sites (N-methyl/N-ethyl adjacent to an activating group) is 1. The minimum Gasteiger partial charge on any atom is -0.341 e. The highest BCUT2D eigenvalue weighted by molar-refractivity contribution is 6.34. The van der Waals surface area contributed by atoms with Gasteiger partial charge < -0.3 is 15.1 Å². The molecular formula is C9H17N3O2. The fraction of sp³-hybridized carbons (Fsp3) is 0.778. The molecule has 1 aliphatic heterocycles. The summed E-state index contributed by atoms with van der Waals surface area (Å²) in [6, 6.07) is 0.0974. The van der Waals surface area contributed by atoms with Crippen LogP contribution in [0.3, 0.4) is 0 Å². The highest BCUT2D eigenvalue weighted by atomic mass is 16.2. The molecule has 80 valence electrons. The first-order chi connectivity index (χ1) is 6.54. The molecule has 0 aromatic heterocycles. The summed E-state index contributed by atoms with van der Waals surface area (Å²) in [5.74, 6) is -0.845. The number of amides is 2. The summed E-state index contributed by atoms with van der Waals surface area (Å²) < 4.78 is 0. The zero-order chi connectivity index (χ0) is 10.7. The van der Waals surface area contributed by atoms with Gasteiger partial charge in [-0.3, -0.25) is 9.59 Å². The highest BCUT2D eigenvalue weighted by Gasteiger charge is 2.28. The number of hydrogen-bond acceptors (Lipinski definition) is 3. The highest BCUT2D eigenvalue weighted by Crippen LogP contribution is 2.03. The fourth-order valence-electron chi connectivity index (χ4n) is 1.46. The van der Waals surface area contributed by atoms with Gasteiger partial charge in [-0.25, -0.2) is 0 Å². The lowest BCUT2D eigenvalue weighted by Crippen LogP contribution is -2.55. The summed E-state index contributed by atoms with van der Waals surface area (Å²) >= 11 is 0. The zero-order valence-corrected chi connectivity index (χ0v) is 8.91. The molecule has 0 spiro atoms. The van der Waals surface area contributed by atoms with E-state index in [1.54, 1.807) is 19.0 Å². The van der Waals surface area contributed by atoms with Crippen molar-refractivity contribution in [2.24, 2.45) is 0 Å². The van der Waals surface area contributed by atoms with Crippen molar-refractivity contribution in [1.82, 2.24) is 15.1 Å². The summed E-state index contributed by atoms with van der Waals surface area (Å²) in [5, 5.41) is 3.17. The van der Waals surface area contributed by atoms with Crippen molar-refractivity contribution in [1.29, 1.82) is 0 Å². The van der Waals surface area contributed by atoms with Crippen molar-refractivity contribution in [3.05, 3.63) is 0 Å². The molecule has 1 heterocycles. The molecule has 1 saturated heterocycles. The second-order valence-electron chi connectivity index (χ2n) is 3.75. The Bertz CT molecular complexity index is 240. The van der Waals surface area contributed by atoms with E-state index in [1.807, 2.05) is 6.92 Å². The fourth-order valence-corrected chi connectivity index (χ4v) is 1.46. The molecule has 0 bridgehead atoms. The quantitative estimate of drug-likeness (QED) is 0.504. The first-order valence-electron chi connectivity index (χ1n) is 4.77. The van der Waals surface area contributed by atoms with Gasteiger partial charge in [0.2, 0.25) is 0 Å². The minimum atomic E-state index is -0.446. The van der Waals surface area contributed by atoms with Crippen LogP contribution in [-0.4, -0.2) is 61.4 Å². The van der Waals surface area contributed by atoms with Crippen LogP contribution in [0.2, 0.25) is 0 Å². The largest absolute Gasteiger partial charge is 0.341 e. The average molecular weight is 199 g/mol. The molecular weight excluding hydrogens is 182 g/mol. The number of rotatable bonds is 0. The molecule has 1 rings (SSSR count). The van der Waals surface area contributed by atoms with Crippen molar-refractivity contribution in [3.63, 3.8) is 0 Å². The number of carbonyl (C=O) groups excluding carboxylic acids is 2. The summed E-state index contributed by atoms with van der Waals surface area (Å²) in [6.45, 7) is 4.07. The van der Waals surface area contributed by atoms with Crippen LogP contribution in [0, 0.1) is 0 Å². The van der Waals surface area contributed by atoms with E-state index in [-0.39, 0.29) is 6.04 Å². The molecule has 1 atom stereocenters. The zero-order valence-electron chi connectivity index (χ0n) is 8.91. The van der Waals surface area contributed by atoms with Gasteiger partial charge in [-0.2, -0.15) is 0 Å². The average Bonchev–Trinajstić information content (AvgIpc) is 2.16. The van der Waals surface area contributed by atoms with E-state index < -0.39 is 11.8 Å². The topological polar surface area (TPSA) is 52.7 Å². The Kier molecular flexibility index (Phi) is 3.46. The molecule has 14 heavy (non-hydrogen) atoms. The second kappa shape index (κ2) is 4.41. The Balaban J connectivity index is 2.63. The Labute approximate surface area is 84.0 Å². The van der Waals surface area contributed by atoms with Gasteiger partial charge in [0.1, 0.15) is 0 Å². The van der Waals surface area contributed by atoms with Crippen LogP contribution >= 0.6 is 0 Å². The Morgan fingerprint density at radius 2 is 2.07 bits per heavy atom. The summed E-state index contributed by atoms with van der Waals surface area (Å²) in [5.41, 5.74) is 0. The summed E-state index contributed by atoms with van der Waals surface area (Å²) in [7, 11) is 3.18. The molecule has 5 nitrogen and oxygen atoms in total. The van der Waals surface area contributed by atoms with Gasteiger partial charge in [0.25, 0.3) is 0 Å². The third kappa shape index (κ3) is 2.23. The summed E-state index contributed by atoms with van der Waals surface area (Å²) in [6.07, 6.45) is 0. The van der Waals surface area contributed by atoms with Crippen LogP contribution in [0.4, 0.5) is 0 Å². The van der Waals surface area contributed by atoms with Crippen molar-refractivity contribution >= 4 is 11.8 Å². The van der Waals surface area contributed by atoms with Crippen molar-refractivity contribution in [2.75, 3.05) is 33.7 Å². The number of nitrogens with zero attached hydrogens (tertiary/aromatic N) is 2. The molecule has 0 aromatic rings. The lowest BCUT2D eigenvalue weighted by Gasteiger charge is -2.33.